The molecule has 0 aliphatic rings. The molecule has 0 saturated heterocycles. The Labute approximate surface area is 274 Å². The Morgan fingerprint density at radius 3 is 1.88 bits per heavy atom. The number of carbonyl (C=O) groups excluding carboxylic acids is 2. The first kappa shape index (κ1) is 31.2. The van der Waals surface area contributed by atoms with Gasteiger partial charge in [0.25, 0.3) is 11.8 Å². The number of aromatic hydroxyl groups is 2. The smallest absolute Gasteiger partial charge is 0.275 e. The molecule has 0 aliphatic carbocycles. The van der Waals surface area contributed by atoms with Crippen molar-refractivity contribution in [2.45, 2.75) is 0 Å². The van der Waals surface area contributed by atoms with Crippen LogP contribution in [-0.4, -0.2) is 52.7 Å². The molecule has 6 rings (SSSR count). The number of pyridine rings is 1. The molecule has 0 fully saturated rings. The predicted octanol–water partition coefficient (Wildman–Crippen LogP) is 5.78. The van der Waals surface area contributed by atoms with Gasteiger partial charge in [-0.1, -0.05) is 54.6 Å². The van der Waals surface area contributed by atoms with Crippen LogP contribution in [0.5, 0.6) is 23.0 Å². The molecular weight excluding hydrogens is 610 g/mol. The van der Waals surface area contributed by atoms with Gasteiger partial charge in [-0.25, -0.2) is 10.9 Å². The predicted molar refractivity (Wildman–Crippen MR) is 183 cm³/mol. The van der Waals surface area contributed by atoms with Crippen molar-refractivity contribution in [1.82, 2.24) is 15.8 Å². The molecule has 1 aromatic heterocycles. The van der Waals surface area contributed by atoms with Crippen LogP contribution in [0.15, 0.2) is 126 Å². The second-order valence-corrected chi connectivity index (χ2v) is 10.5. The zero-order valence-electron chi connectivity index (χ0n) is 25.4. The third kappa shape index (κ3) is 7.54. The minimum absolute atomic E-state index is 0.0409. The van der Waals surface area contributed by atoms with Gasteiger partial charge in [0.1, 0.15) is 24.7 Å². The molecule has 0 atom stereocenters. The molecule has 0 radical (unpaired) electrons. The normalized spacial score (nSPS) is 11.2. The van der Waals surface area contributed by atoms with Crippen LogP contribution in [0.4, 0.5) is 0 Å². The fraction of sp³-hybridized carbons (Fsp3) is 0.0541. The molecule has 11 nitrogen and oxygen atoms in total. The summed E-state index contributed by atoms with van der Waals surface area (Å²) >= 11 is 0. The van der Waals surface area contributed by atoms with Crippen LogP contribution in [0.2, 0.25) is 0 Å². The lowest BCUT2D eigenvalue weighted by molar-refractivity contribution is 0.0943. The number of hydrazone groups is 2. The fourth-order valence-electron chi connectivity index (χ4n) is 4.86. The van der Waals surface area contributed by atoms with Crippen molar-refractivity contribution >= 4 is 45.8 Å². The Balaban J connectivity index is 1.08. The third-order valence-electron chi connectivity index (χ3n) is 7.23. The van der Waals surface area contributed by atoms with Gasteiger partial charge in [0.2, 0.25) is 0 Å². The second kappa shape index (κ2) is 14.6. The van der Waals surface area contributed by atoms with E-state index < -0.39 is 11.8 Å². The van der Waals surface area contributed by atoms with Gasteiger partial charge in [0, 0.05) is 18.0 Å². The van der Waals surface area contributed by atoms with Crippen molar-refractivity contribution in [3.63, 3.8) is 0 Å². The Morgan fingerprint density at radius 1 is 0.625 bits per heavy atom. The highest BCUT2D eigenvalue weighted by molar-refractivity contribution is 6.03. The summed E-state index contributed by atoms with van der Waals surface area (Å²) in [5.41, 5.74) is 6.58. The van der Waals surface area contributed by atoms with E-state index in [1.165, 1.54) is 24.6 Å². The number of nitrogens with zero attached hydrogens (tertiary/aromatic N) is 3. The van der Waals surface area contributed by atoms with Crippen LogP contribution >= 0.6 is 0 Å². The summed E-state index contributed by atoms with van der Waals surface area (Å²) in [5, 5.41) is 32.0. The summed E-state index contributed by atoms with van der Waals surface area (Å²) in [5.74, 6) is -0.788. The van der Waals surface area contributed by atoms with Gasteiger partial charge in [-0.05, 0) is 75.6 Å². The summed E-state index contributed by atoms with van der Waals surface area (Å²) < 4.78 is 11.7. The highest BCUT2D eigenvalue weighted by Crippen LogP contribution is 2.29. The first-order chi connectivity index (χ1) is 23.4. The SMILES string of the molecule is O=C(NN=Cc1ccc(O)c(OCCOc2cc3ccccc3cc2C(=O)NN=Cc2cccnc2)c1)c1cc2ccccc2cc1O. The minimum Gasteiger partial charge on any atom is -0.507 e. The van der Waals surface area contributed by atoms with Gasteiger partial charge in [-0.3, -0.25) is 14.6 Å². The van der Waals surface area contributed by atoms with E-state index in [2.05, 4.69) is 26.0 Å². The second-order valence-electron chi connectivity index (χ2n) is 10.5. The highest BCUT2D eigenvalue weighted by atomic mass is 16.5. The van der Waals surface area contributed by atoms with Crippen LogP contribution in [0.1, 0.15) is 31.8 Å². The minimum atomic E-state index is -0.580. The van der Waals surface area contributed by atoms with E-state index in [0.717, 1.165) is 27.1 Å². The molecule has 2 amide bonds. The van der Waals surface area contributed by atoms with Gasteiger partial charge in [0.05, 0.1) is 23.6 Å². The molecule has 6 aromatic rings. The topological polar surface area (TPSA) is 155 Å². The maximum Gasteiger partial charge on any atom is 0.275 e. The van der Waals surface area contributed by atoms with Crippen LogP contribution in [0, 0.1) is 0 Å². The number of fused-ring (bicyclic) bond motifs is 2. The average molecular weight is 640 g/mol. The monoisotopic (exact) mass is 639 g/mol. The Kier molecular flexibility index (Phi) is 9.48. The van der Waals surface area contributed by atoms with E-state index in [1.807, 2.05) is 54.6 Å². The zero-order valence-corrected chi connectivity index (χ0v) is 25.4. The first-order valence-electron chi connectivity index (χ1n) is 14.8. The van der Waals surface area contributed by atoms with E-state index in [4.69, 9.17) is 9.47 Å². The number of rotatable bonds is 11. The average Bonchev–Trinajstić information content (AvgIpc) is 3.11. The summed E-state index contributed by atoms with van der Waals surface area (Å²) in [4.78, 5) is 29.8. The maximum atomic E-state index is 13.1. The standard InChI is InChI=1S/C37H29N5O6/c43-32-12-11-24(22-39-41-36(45)30-17-26-7-1-3-9-28(26)19-33(30)44)16-35(32)48-15-14-47-34-20-29-10-4-2-8-27(29)18-31(34)37(46)42-40-23-25-6-5-13-38-21-25/h1-13,16-23,43-44H,14-15H2,(H,41,45)(H,42,46). The van der Waals surface area contributed by atoms with Gasteiger partial charge in [-0.2, -0.15) is 10.2 Å². The molecule has 1 heterocycles. The van der Waals surface area contributed by atoms with Gasteiger partial charge in [0.15, 0.2) is 11.5 Å². The molecule has 5 aromatic carbocycles. The van der Waals surface area contributed by atoms with E-state index in [0.29, 0.717) is 11.3 Å². The molecule has 4 N–H and O–H groups in total. The third-order valence-corrected chi connectivity index (χ3v) is 7.23. The highest BCUT2D eigenvalue weighted by Gasteiger charge is 2.15. The zero-order chi connectivity index (χ0) is 33.3. The molecule has 0 unspecified atom stereocenters. The Hall–Kier alpha value is -6.75. The Morgan fingerprint density at radius 2 is 1.21 bits per heavy atom. The number of phenols is 2. The van der Waals surface area contributed by atoms with E-state index in [-0.39, 0.29) is 41.6 Å². The van der Waals surface area contributed by atoms with Crippen LogP contribution < -0.4 is 20.3 Å². The maximum absolute atomic E-state index is 13.1. The van der Waals surface area contributed by atoms with Gasteiger partial charge >= 0.3 is 0 Å². The number of amides is 2. The first-order valence-corrected chi connectivity index (χ1v) is 14.8. The molecule has 48 heavy (non-hydrogen) atoms. The van der Waals surface area contributed by atoms with Crippen LogP contribution in [0.3, 0.4) is 0 Å². The van der Waals surface area contributed by atoms with Crippen molar-refractivity contribution in [3.8, 4) is 23.0 Å². The molecule has 0 bridgehead atoms. The molecule has 0 saturated carbocycles. The van der Waals surface area contributed by atoms with Crippen LogP contribution in [0.25, 0.3) is 21.5 Å². The lowest BCUT2D eigenvalue weighted by atomic mass is 10.1. The van der Waals surface area contributed by atoms with Crippen molar-refractivity contribution in [1.29, 1.82) is 0 Å². The largest absolute Gasteiger partial charge is 0.507 e. The summed E-state index contributed by atoms with van der Waals surface area (Å²) in [6.45, 7) is 0.0970. The number of aromatic nitrogens is 1. The molecule has 11 heteroatoms. The van der Waals surface area contributed by atoms with Crippen molar-refractivity contribution in [2.24, 2.45) is 10.2 Å². The van der Waals surface area contributed by atoms with Gasteiger partial charge in [-0.15, -0.1) is 0 Å². The van der Waals surface area contributed by atoms with Crippen LogP contribution in [-0.2, 0) is 0 Å². The van der Waals surface area contributed by atoms with Crippen molar-refractivity contribution < 1.29 is 29.3 Å². The molecular formula is C37H29N5O6. The van der Waals surface area contributed by atoms with E-state index in [9.17, 15) is 19.8 Å². The quantitative estimate of drug-likeness (QED) is 0.0795. The number of phenolic OH excluding ortho intramolecular Hbond substituents is 2. The number of benzene rings is 5. The molecule has 0 spiro atoms. The lowest BCUT2D eigenvalue weighted by Crippen LogP contribution is -2.19. The Bertz CT molecular complexity index is 2170. The number of ether oxygens (including phenoxy) is 2. The summed E-state index contributed by atoms with van der Waals surface area (Å²) in [6, 6.07) is 29.8. The summed E-state index contributed by atoms with van der Waals surface area (Å²) in [6.07, 6.45) is 6.15. The number of nitrogens with one attached hydrogen (secondary N) is 2. The summed E-state index contributed by atoms with van der Waals surface area (Å²) in [7, 11) is 0. The van der Waals surface area contributed by atoms with E-state index >= 15 is 0 Å². The number of hydrogen-bond acceptors (Lipinski definition) is 9. The number of carbonyl (C=O) groups is 2. The molecule has 238 valence electrons. The van der Waals surface area contributed by atoms with Gasteiger partial charge < -0.3 is 19.7 Å². The fourth-order valence-corrected chi connectivity index (χ4v) is 4.86. The van der Waals surface area contributed by atoms with E-state index in [1.54, 1.807) is 48.8 Å². The lowest BCUT2D eigenvalue weighted by Gasteiger charge is -2.13. The van der Waals surface area contributed by atoms with Crippen molar-refractivity contribution in [3.05, 3.63) is 138 Å². The number of hydrogen-bond donors (Lipinski definition) is 4. The molecule has 0 aliphatic heterocycles. The van der Waals surface area contributed by atoms with Crippen molar-refractivity contribution in [2.75, 3.05) is 13.2 Å².